The molecule has 0 bridgehead atoms. The Morgan fingerprint density at radius 3 is 2.49 bits per heavy atom. The van der Waals surface area contributed by atoms with Crippen molar-refractivity contribution in [3.05, 3.63) is 108 Å². The number of methoxy groups -OCH3 is 1. The van der Waals surface area contributed by atoms with E-state index in [0.717, 1.165) is 10.1 Å². The highest BCUT2D eigenvalue weighted by Crippen LogP contribution is 2.51. The van der Waals surface area contributed by atoms with Gasteiger partial charge in [0.1, 0.15) is 0 Å². The van der Waals surface area contributed by atoms with Gasteiger partial charge in [0.15, 0.2) is 23.1 Å². The van der Waals surface area contributed by atoms with Crippen molar-refractivity contribution in [2.75, 3.05) is 7.11 Å². The second-order valence-corrected chi connectivity index (χ2v) is 10.2. The van der Waals surface area contributed by atoms with Gasteiger partial charge in [-0.1, -0.05) is 30.3 Å². The third kappa shape index (κ3) is 3.42. The molecule has 9 nitrogen and oxygen atoms in total. The molecule has 0 spiro atoms. The van der Waals surface area contributed by atoms with Crippen LogP contribution in [0.25, 0.3) is 5.69 Å². The summed E-state index contributed by atoms with van der Waals surface area (Å²) in [6.07, 6.45) is 3.26. The number of hydrogen-bond acceptors (Lipinski definition) is 6. The number of carbonyl (C=O) groups excluding carboxylic acids is 2. The van der Waals surface area contributed by atoms with Gasteiger partial charge >= 0.3 is 11.4 Å². The molecule has 2 atom stereocenters. The fourth-order valence-electron chi connectivity index (χ4n) is 5.53. The first-order valence-electron chi connectivity index (χ1n) is 11.6. The molecule has 0 fully saturated rings. The number of rotatable bonds is 3. The average molecular weight is 609 g/mol. The first-order chi connectivity index (χ1) is 17.8. The molecule has 10 heteroatoms. The number of carbonyl (C=O) groups is 2. The van der Waals surface area contributed by atoms with Crippen LogP contribution in [0, 0.1) is 0 Å². The van der Waals surface area contributed by atoms with Crippen LogP contribution in [-0.4, -0.2) is 37.7 Å². The molecule has 3 aromatic rings. The Hall–Kier alpha value is -3.93. The quantitative estimate of drug-likeness (QED) is 0.278. The number of hydrogen-bond donors (Lipinski definition) is 1. The summed E-state index contributed by atoms with van der Waals surface area (Å²) in [6.45, 7) is 0.121. The van der Waals surface area contributed by atoms with Crippen molar-refractivity contribution in [2.45, 2.75) is 24.9 Å². The summed E-state index contributed by atoms with van der Waals surface area (Å²) >= 11 is 1.87. The van der Waals surface area contributed by atoms with Gasteiger partial charge in [-0.2, -0.15) is 0 Å². The second-order valence-electron chi connectivity index (χ2n) is 9.03. The number of Topliss-reactive ketones (excluding diaryl/α,β-unsaturated/α-hetero) is 1. The fourth-order valence-corrected chi connectivity index (χ4v) is 6.11. The number of para-hydroxylation sites is 1. The third-order valence-electron chi connectivity index (χ3n) is 7.15. The second kappa shape index (κ2) is 8.58. The van der Waals surface area contributed by atoms with Gasteiger partial charge < -0.3 is 9.84 Å². The highest BCUT2D eigenvalue weighted by molar-refractivity contribution is 14.1. The molecule has 3 aliphatic rings. The van der Waals surface area contributed by atoms with Gasteiger partial charge in [-0.15, -0.1) is 0 Å². The smallest absolute Gasteiger partial charge is 0.352 e. The van der Waals surface area contributed by atoms with Gasteiger partial charge in [0.05, 0.1) is 29.0 Å². The monoisotopic (exact) mass is 609 g/mol. The fraction of sp³-hybridized carbons (Fsp3) is 0.185. The van der Waals surface area contributed by atoms with Crippen molar-refractivity contribution >= 4 is 34.2 Å². The minimum absolute atomic E-state index is 0.100. The van der Waals surface area contributed by atoms with Crippen molar-refractivity contribution in [1.29, 1.82) is 0 Å². The molecule has 2 aliphatic carbocycles. The molecule has 0 radical (unpaired) electrons. The summed E-state index contributed by atoms with van der Waals surface area (Å²) in [7, 11) is 1.44. The van der Waals surface area contributed by atoms with Crippen molar-refractivity contribution in [3.8, 4) is 17.2 Å². The van der Waals surface area contributed by atoms with Gasteiger partial charge in [-0.3, -0.25) is 9.59 Å². The number of phenols is 1. The van der Waals surface area contributed by atoms with Crippen LogP contribution < -0.4 is 16.1 Å². The minimum atomic E-state index is -0.684. The summed E-state index contributed by atoms with van der Waals surface area (Å²) in [6, 6.07) is 12.8. The number of nitrogens with zero attached hydrogens (tertiary/aromatic N) is 3. The summed E-state index contributed by atoms with van der Waals surface area (Å²) in [5.41, 5.74) is 1.41. The first kappa shape index (κ1) is 23.5. The summed E-state index contributed by atoms with van der Waals surface area (Å²) in [4.78, 5) is 53.5. The Morgan fingerprint density at radius 1 is 1.03 bits per heavy atom. The molecule has 0 saturated heterocycles. The molecule has 1 aliphatic heterocycles. The zero-order valence-corrected chi connectivity index (χ0v) is 21.7. The van der Waals surface area contributed by atoms with E-state index in [-0.39, 0.29) is 36.0 Å². The summed E-state index contributed by atoms with van der Waals surface area (Å²) < 4.78 is 9.37. The number of allylic oxidation sites excluding steroid dienone is 6. The van der Waals surface area contributed by atoms with E-state index in [1.807, 2.05) is 28.7 Å². The molecular weight excluding hydrogens is 589 g/mol. The maximum atomic E-state index is 13.7. The van der Waals surface area contributed by atoms with E-state index in [2.05, 4.69) is 0 Å². The van der Waals surface area contributed by atoms with Gasteiger partial charge in [-0.05, 0) is 58.0 Å². The largest absolute Gasteiger partial charge is 0.504 e. The van der Waals surface area contributed by atoms with Crippen LogP contribution >= 0.6 is 22.6 Å². The molecule has 0 saturated carbocycles. The van der Waals surface area contributed by atoms with E-state index in [1.54, 1.807) is 42.5 Å². The molecule has 2 aromatic carbocycles. The summed E-state index contributed by atoms with van der Waals surface area (Å²) in [5, 5.41) is 10.5. The van der Waals surface area contributed by atoms with Crippen LogP contribution in [0.1, 0.15) is 23.9 Å². The molecule has 37 heavy (non-hydrogen) atoms. The molecule has 2 heterocycles. The van der Waals surface area contributed by atoms with Crippen molar-refractivity contribution in [3.63, 3.8) is 0 Å². The number of fused-ring (bicyclic) bond motifs is 3. The number of halogens is 1. The van der Waals surface area contributed by atoms with E-state index in [4.69, 9.17) is 4.74 Å². The van der Waals surface area contributed by atoms with Crippen LogP contribution in [0.4, 0.5) is 0 Å². The SMILES string of the molecule is COc1ccc(C2C3=CCn4c(=O)n(-c5ccccc5)c(=O)n4C3CC3=C2C(=O)C(I)=CC3=O)cc1O. The number of aromatic nitrogens is 3. The van der Waals surface area contributed by atoms with Crippen LogP contribution in [0.2, 0.25) is 0 Å². The number of ketones is 2. The van der Waals surface area contributed by atoms with E-state index in [0.29, 0.717) is 26.0 Å². The Labute approximate surface area is 223 Å². The molecule has 6 rings (SSSR count). The average Bonchev–Trinajstić information content (AvgIpc) is 3.16. The minimum Gasteiger partial charge on any atom is -0.504 e. The van der Waals surface area contributed by atoms with Crippen LogP contribution in [-0.2, 0) is 16.1 Å². The third-order valence-corrected chi connectivity index (χ3v) is 7.95. The molecule has 1 N–H and O–H groups in total. The van der Waals surface area contributed by atoms with Crippen LogP contribution in [0.15, 0.2) is 90.6 Å². The highest BCUT2D eigenvalue weighted by Gasteiger charge is 2.45. The van der Waals surface area contributed by atoms with Gasteiger partial charge in [0, 0.05) is 29.6 Å². The Kier molecular flexibility index (Phi) is 5.44. The van der Waals surface area contributed by atoms with Crippen molar-refractivity contribution in [1.82, 2.24) is 13.9 Å². The normalized spacial score (nSPS) is 20.6. The molecule has 1 aromatic heterocycles. The van der Waals surface area contributed by atoms with Gasteiger partial charge in [0.2, 0.25) is 0 Å². The lowest BCUT2D eigenvalue weighted by Gasteiger charge is -2.39. The lowest BCUT2D eigenvalue weighted by Crippen LogP contribution is -2.40. The molecule has 2 unspecified atom stereocenters. The van der Waals surface area contributed by atoms with E-state index < -0.39 is 23.3 Å². The molecular formula is C27H20IN3O6. The van der Waals surface area contributed by atoms with Crippen LogP contribution in [0.3, 0.4) is 0 Å². The molecule has 0 amide bonds. The first-order valence-corrected chi connectivity index (χ1v) is 12.7. The number of ether oxygens (including phenoxy) is 1. The maximum Gasteiger partial charge on any atom is 0.352 e. The van der Waals surface area contributed by atoms with E-state index in [9.17, 15) is 24.3 Å². The zero-order chi connectivity index (χ0) is 26.0. The Morgan fingerprint density at radius 2 is 1.78 bits per heavy atom. The highest BCUT2D eigenvalue weighted by atomic mass is 127. The number of aromatic hydroxyl groups is 1. The van der Waals surface area contributed by atoms with Gasteiger partial charge in [0.25, 0.3) is 0 Å². The standard InChI is InChI=1S/C27H20IN3O6/c1-37-22-8-7-14(11-21(22)33)23-16-9-10-29-26(35)30(15-5-3-2-4-6-15)27(36)31(29)19(16)12-17-20(32)13-18(28)25(34)24(17)23/h2-9,11,13,19,23,33H,10,12H2,1H3. The number of phenolic OH excluding ortho intramolecular Hbond substituents is 1. The Balaban J connectivity index is 1.58. The van der Waals surface area contributed by atoms with E-state index >= 15 is 0 Å². The van der Waals surface area contributed by atoms with E-state index in [1.165, 1.54) is 28.6 Å². The number of benzene rings is 2. The zero-order valence-electron chi connectivity index (χ0n) is 19.6. The topological polar surface area (TPSA) is 113 Å². The lowest BCUT2D eigenvalue weighted by atomic mass is 9.69. The summed E-state index contributed by atoms with van der Waals surface area (Å²) in [5.74, 6) is -1.07. The predicted octanol–water partition coefficient (Wildman–Crippen LogP) is 2.95. The van der Waals surface area contributed by atoms with Crippen molar-refractivity contribution in [2.24, 2.45) is 0 Å². The lowest BCUT2D eigenvalue weighted by molar-refractivity contribution is -0.115. The van der Waals surface area contributed by atoms with Crippen LogP contribution in [0.5, 0.6) is 11.5 Å². The Bertz CT molecular complexity index is 1720. The molecule has 186 valence electrons. The predicted molar refractivity (Wildman–Crippen MR) is 143 cm³/mol. The maximum absolute atomic E-state index is 13.7. The van der Waals surface area contributed by atoms with Crippen molar-refractivity contribution < 1.29 is 19.4 Å². The van der Waals surface area contributed by atoms with Gasteiger partial charge in [-0.25, -0.2) is 23.5 Å².